The van der Waals surface area contributed by atoms with Crippen molar-refractivity contribution in [2.75, 3.05) is 23.8 Å². The summed E-state index contributed by atoms with van der Waals surface area (Å²) in [5.74, 6) is 0.216. The normalized spacial score (nSPS) is 10.4. The molecule has 0 saturated heterocycles. The number of rotatable bonds is 5. The van der Waals surface area contributed by atoms with Crippen molar-refractivity contribution in [3.05, 3.63) is 69.3 Å². The molecule has 0 unspecified atom stereocenters. The van der Waals surface area contributed by atoms with Gasteiger partial charge in [0.1, 0.15) is 5.82 Å². The molecule has 3 aromatic rings. The number of hydrogen-bond acceptors (Lipinski definition) is 6. The van der Waals surface area contributed by atoms with E-state index in [9.17, 15) is 20.2 Å². The Morgan fingerprint density at radius 2 is 1.93 bits per heavy atom. The fraction of sp³-hybridized carbons (Fsp3) is 0.190. The molecule has 0 saturated carbocycles. The average molecular weight is 389 g/mol. The Morgan fingerprint density at radius 3 is 2.55 bits per heavy atom. The van der Waals surface area contributed by atoms with Crippen LogP contribution < -0.4 is 10.2 Å². The van der Waals surface area contributed by atoms with Crippen LogP contribution in [-0.4, -0.2) is 29.4 Å². The third-order valence-corrected chi connectivity index (χ3v) is 4.63. The molecule has 1 amide bonds. The molecular formula is C21H19N5O3. The number of aryl methyl sites for hydroxylation is 2. The molecule has 0 aliphatic heterocycles. The molecule has 146 valence electrons. The van der Waals surface area contributed by atoms with Crippen LogP contribution in [0.25, 0.3) is 10.9 Å². The van der Waals surface area contributed by atoms with Crippen LogP contribution in [0.4, 0.5) is 17.2 Å². The fourth-order valence-corrected chi connectivity index (χ4v) is 3.09. The number of nitriles is 1. The van der Waals surface area contributed by atoms with Crippen molar-refractivity contribution >= 4 is 34.0 Å². The zero-order valence-electron chi connectivity index (χ0n) is 16.3. The second kappa shape index (κ2) is 7.94. The monoisotopic (exact) mass is 389 g/mol. The van der Waals surface area contributed by atoms with Gasteiger partial charge < -0.3 is 10.2 Å². The minimum absolute atomic E-state index is 0.0319. The highest BCUT2D eigenvalue weighted by atomic mass is 16.6. The molecule has 0 bridgehead atoms. The Balaban J connectivity index is 1.86. The molecule has 0 spiro atoms. The number of benzene rings is 2. The number of nitro groups is 1. The van der Waals surface area contributed by atoms with E-state index < -0.39 is 4.92 Å². The van der Waals surface area contributed by atoms with Gasteiger partial charge in [0, 0.05) is 30.3 Å². The maximum atomic E-state index is 12.5. The number of anilines is 2. The number of nitro benzene ring substituents is 1. The molecule has 29 heavy (non-hydrogen) atoms. The van der Waals surface area contributed by atoms with E-state index in [1.807, 2.05) is 38.1 Å². The number of likely N-dealkylation sites (N-methyl/N-ethyl adjacent to an activating group) is 1. The zero-order valence-corrected chi connectivity index (χ0v) is 16.3. The highest BCUT2D eigenvalue weighted by Crippen LogP contribution is 2.26. The van der Waals surface area contributed by atoms with E-state index in [-0.39, 0.29) is 23.7 Å². The Bertz CT molecular complexity index is 1150. The van der Waals surface area contributed by atoms with Crippen LogP contribution in [0, 0.1) is 35.3 Å². The summed E-state index contributed by atoms with van der Waals surface area (Å²) in [6.07, 6.45) is 0. The highest BCUT2D eigenvalue weighted by molar-refractivity contribution is 5.95. The number of nitrogens with one attached hydrogen (secondary N) is 1. The van der Waals surface area contributed by atoms with Crippen LogP contribution >= 0.6 is 0 Å². The molecule has 2 aromatic carbocycles. The molecule has 1 aromatic heterocycles. The lowest BCUT2D eigenvalue weighted by molar-refractivity contribution is -0.384. The van der Waals surface area contributed by atoms with Gasteiger partial charge in [0.25, 0.3) is 5.69 Å². The van der Waals surface area contributed by atoms with Crippen molar-refractivity contribution in [3.8, 4) is 6.07 Å². The number of carbonyl (C=O) groups is 1. The fourth-order valence-electron chi connectivity index (χ4n) is 3.09. The second-order valence-corrected chi connectivity index (χ2v) is 6.77. The predicted molar refractivity (Wildman–Crippen MR) is 111 cm³/mol. The standard InChI is InChI=1S/C21H19N5O3/c1-13-5-4-6-14(2)21(13)24-20(27)12-25(3)19-9-15(11-22)17-10-16(26(28)29)7-8-18(17)23-19/h4-10H,12H2,1-3H3,(H,24,27). The van der Waals surface area contributed by atoms with Crippen molar-refractivity contribution in [2.45, 2.75) is 13.8 Å². The molecule has 3 rings (SSSR count). The third kappa shape index (κ3) is 4.14. The van der Waals surface area contributed by atoms with Crippen LogP contribution in [0.1, 0.15) is 16.7 Å². The summed E-state index contributed by atoms with van der Waals surface area (Å²) in [5, 5.41) is 23.8. The van der Waals surface area contributed by atoms with E-state index in [0.717, 1.165) is 16.8 Å². The van der Waals surface area contributed by atoms with E-state index in [0.29, 0.717) is 16.7 Å². The van der Waals surface area contributed by atoms with Gasteiger partial charge in [-0.05, 0) is 37.1 Å². The number of pyridine rings is 1. The molecule has 0 radical (unpaired) electrons. The highest BCUT2D eigenvalue weighted by Gasteiger charge is 2.15. The molecule has 8 heteroatoms. The zero-order chi connectivity index (χ0) is 21.1. The van der Waals surface area contributed by atoms with E-state index in [4.69, 9.17) is 0 Å². The minimum atomic E-state index is -0.515. The lowest BCUT2D eigenvalue weighted by Crippen LogP contribution is -2.31. The van der Waals surface area contributed by atoms with Gasteiger partial charge in [-0.3, -0.25) is 14.9 Å². The first kappa shape index (κ1) is 19.8. The van der Waals surface area contributed by atoms with Crippen molar-refractivity contribution in [3.63, 3.8) is 0 Å². The molecule has 0 aliphatic rings. The van der Waals surface area contributed by atoms with Crippen LogP contribution in [0.5, 0.6) is 0 Å². The van der Waals surface area contributed by atoms with E-state index >= 15 is 0 Å². The van der Waals surface area contributed by atoms with Gasteiger partial charge in [0.2, 0.25) is 5.91 Å². The number of aromatic nitrogens is 1. The number of hydrogen-bond donors (Lipinski definition) is 1. The molecule has 0 fully saturated rings. The van der Waals surface area contributed by atoms with Gasteiger partial charge in [0.05, 0.1) is 28.6 Å². The van der Waals surface area contributed by atoms with Crippen LogP contribution in [0.2, 0.25) is 0 Å². The van der Waals surface area contributed by atoms with Gasteiger partial charge in [-0.25, -0.2) is 4.98 Å². The van der Waals surface area contributed by atoms with Gasteiger partial charge in [-0.15, -0.1) is 0 Å². The minimum Gasteiger partial charge on any atom is -0.350 e. The second-order valence-electron chi connectivity index (χ2n) is 6.77. The summed E-state index contributed by atoms with van der Waals surface area (Å²) >= 11 is 0. The molecule has 0 atom stereocenters. The van der Waals surface area contributed by atoms with E-state index in [1.165, 1.54) is 24.3 Å². The summed E-state index contributed by atoms with van der Waals surface area (Å²) in [5.41, 5.74) is 3.33. The smallest absolute Gasteiger partial charge is 0.270 e. The van der Waals surface area contributed by atoms with Crippen LogP contribution in [0.3, 0.4) is 0 Å². The summed E-state index contributed by atoms with van der Waals surface area (Å²) in [4.78, 5) is 29.1. The number of nitrogens with zero attached hydrogens (tertiary/aromatic N) is 4. The summed E-state index contributed by atoms with van der Waals surface area (Å²) in [7, 11) is 1.70. The van der Waals surface area contributed by atoms with Gasteiger partial charge in [0.15, 0.2) is 0 Å². The summed E-state index contributed by atoms with van der Waals surface area (Å²) in [6.45, 7) is 3.88. The van der Waals surface area contributed by atoms with Crippen molar-refractivity contribution in [1.82, 2.24) is 4.98 Å². The number of fused-ring (bicyclic) bond motifs is 1. The Morgan fingerprint density at radius 1 is 1.24 bits per heavy atom. The van der Waals surface area contributed by atoms with Crippen molar-refractivity contribution < 1.29 is 9.72 Å². The third-order valence-electron chi connectivity index (χ3n) is 4.63. The number of carbonyl (C=O) groups excluding carboxylic acids is 1. The topological polar surface area (TPSA) is 112 Å². The molecule has 8 nitrogen and oxygen atoms in total. The van der Waals surface area contributed by atoms with Gasteiger partial charge in [-0.2, -0.15) is 5.26 Å². The van der Waals surface area contributed by atoms with E-state index in [1.54, 1.807) is 11.9 Å². The van der Waals surface area contributed by atoms with E-state index in [2.05, 4.69) is 10.3 Å². The summed E-state index contributed by atoms with van der Waals surface area (Å²) in [6, 6.07) is 13.5. The first-order valence-electron chi connectivity index (χ1n) is 8.86. The Labute approximate surface area is 167 Å². The number of amides is 1. The Kier molecular flexibility index (Phi) is 5.41. The van der Waals surface area contributed by atoms with Gasteiger partial charge >= 0.3 is 0 Å². The van der Waals surface area contributed by atoms with Gasteiger partial charge in [-0.1, -0.05) is 18.2 Å². The average Bonchev–Trinajstić information content (AvgIpc) is 2.69. The molecule has 1 N–H and O–H groups in total. The van der Waals surface area contributed by atoms with Crippen molar-refractivity contribution in [1.29, 1.82) is 5.26 Å². The van der Waals surface area contributed by atoms with Crippen LogP contribution in [0.15, 0.2) is 42.5 Å². The lowest BCUT2D eigenvalue weighted by atomic mass is 10.1. The first-order chi connectivity index (χ1) is 13.8. The molecular weight excluding hydrogens is 370 g/mol. The first-order valence-corrected chi connectivity index (χ1v) is 8.86. The largest absolute Gasteiger partial charge is 0.350 e. The maximum absolute atomic E-state index is 12.5. The molecule has 0 aliphatic carbocycles. The lowest BCUT2D eigenvalue weighted by Gasteiger charge is -2.19. The van der Waals surface area contributed by atoms with Crippen LogP contribution in [-0.2, 0) is 4.79 Å². The molecule has 1 heterocycles. The summed E-state index contributed by atoms with van der Waals surface area (Å²) < 4.78 is 0. The SMILES string of the molecule is Cc1cccc(C)c1NC(=O)CN(C)c1cc(C#N)c2cc([N+](=O)[O-])ccc2n1. The van der Waals surface area contributed by atoms with Crippen molar-refractivity contribution in [2.24, 2.45) is 0 Å². The Hall–Kier alpha value is -3.99. The number of non-ortho nitro benzene ring substituents is 1. The number of para-hydroxylation sites is 1. The quantitative estimate of drug-likeness (QED) is 0.526. The predicted octanol–water partition coefficient (Wildman–Crippen LogP) is 3.71. The maximum Gasteiger partial charge on any atom is 0.270 e.